The Bertz CT molecular complexity index is 1340. The molecule has 1 N–H and O–H groups in total. The number of fused-ring (bicyclic) bond motifs is 1. The number of carbonyl (C=O) groups is 1. The number of nitrogens with zero attached hydrogens (tertiary/aromatic N) is 4. The number of hydrogen-bond acceptors (Lipinski definition) is 4. The number of halogens is 2. The summed E-state index contributed by atoms with van der Waals surface area (Å²) in [5, 5.41) is 7.13. The van der Waals surface area contributed by atoms with E-state index < -0.39 is 17.5 Å². The SMILES string of the molecule is Cc1ccc(-n2ncc3c(=O)n(CCC(=O)NCc4c(F)cccc4F)c(C)nc32)cc1. The largest absolute Gasteiger partial charge is 0.352 e. The minimum atomic E-state index is -0.724. The van der Waals surface area contributed by atoms with Gasteiger partial charge in [-0.05, 0) is 38.1 Å². The Labute approximate surface area is 182 Å². The summed E-state index contributed by atoms with van der Waals surface area (Å²) in [7, 11) is 0. The lowest BCUT2D eigenvalue weighted by Crippen LogP contribution is -2.29. The summed E-state index contributed by atoms with van der Waals surface area (Å²) in [6.45, 7) is 3.47. The molecular formula is C23H21F2N5O2. The zero-order valence-electron chi connectivity index (χ0n) is 17.6. The molecule has 164 valence electrons. The van der Waals surface area contributed by atoms with E-state index >= 15 is 0 Å². The van der Waals surface area contributed by atoms with Crippen molar-refractivity contribution in [1.29, 1.82) is 0 Å². The van der Waals surface area contributed by atoms with Crippen LogP contribution in [0.25, 0.3) is 16.7 Å². The number of amides is 1. The smallest absolute Gasteiger partial charge is 0.264 e. The molecule has 0 saturated carbocycles. The fraction of sp³-hybridized carbons (Fsp3) is 0.217. The van der Waals surface area contributed by atoms with E-state index in [-0.39, 0.29) is 30.6 Å². The first kappa shape index (κ1) is 21.4. The second-order valence-electron chi connectivity index (χ2n) is 7.47. The van der Waals surface area contributed by atoms with Crippen molar-refractivity contribution in [3.05, 3.63) is 87.6 Å². The molecule has 0 bridgehead atoms. The Hall–Kier alpha value is -3.88. The molecule has 0 saturated heterocycles. The lowest BCUT2D eigenvalue weighted by atomic mass is 10.2. The standard InChI is InChI=1S/C23H21F2N5O2/c1-14-6-8-16(9-7-14)30-22-18(13-27-30)23(32)29(15(2)28-22)11-10-21(31)26-12-17-19(24)4-3-5-20(17)25/h3-9,13H,10-12H2,1-2H3,(H,26,31). The molecule has 4 aromatic rings. The summed E-state index contributed by atoms with van der Waals surface area (Å²) in [4.78, 5) is 29.7. The molecule has 0 atom stereocenters. The highest BCUT2D eigenvalue weighted by molar-refractivity contribution is 5.76. The molecule has 0 spiro atoms. The highest BCUT2D eigenvalue weighted by Gasteiger charge is 2.15. The average Bonchev–Trinajstić information content (AvgIpc) is 3.17. The van der Waals surface area contributed by atoms with E-state index in [1.54, 1.807) is 11.6 Å². The molecule has 2 aromatic carbocycles. The van der Waals surface area contributed by atoms with Crippen molar-refractivity contribution in [3.63, 3.8) is 0 Å². The molecule has 0 radical (unpaired) electrons. The van der Waals surface area contributed by atoms with E-state index in [4.69, 9.17) is 0 Å². The van der Waals surface area contributed by atoms with Crippen molar-refractivity contribution >= 4 is 16.9 Å². The maximum atomic E-state index is 13.7. The summed E-state index contributed by atoms with van der Waals surface area (Å²) in [6, 6.07) is 11.2. The van der Waals surface area contributed by atoms with Gasteiger partial charge in [-0.15, -0.1) is 0 Å². The van der Waals surface area contributed by atoms with Crippen LogP contribution in [0.5, 0.6) is 0 Å². The monoisotopic (exact) mass is 437 g/mol. The molecule has 0 fully saturated rings. The first-order chi connectivity index (χ1) is 15.3. The molecular weight excluding hydrogens is 416 g/mol. The third-order valence-electron chi connectivity index (χ3n) is 5.24. The van der Waals surface area contributed by atoms with E-state index in [2.05, 4.69) is 15.4 Å². The fourth-order valence-corrected chi connectivity index (χ4v) is 3.43. The van der Waals surface area contributed by atoms with Gasteiger partial charge in [0.1, 0.15) is 22.8 Å². The molecule has 32 heavy (non-hydrogen) atoms. The van der Waals surface area contributed by atoms with Gasteiger partial charge in [-0.3, -0.25) is 14.2 Å². The van der Waals surface area contributed by atoms with Crippen LogP contribution in [0.15, 0.2) is 53.5 Å². The van der Waals surface area contributed by atoms with Gasteiger partial charge in [0, 0.05) is 25.1 Å². The summed E-state index contributed by atoms with van der Waals surface area (Å²) in [6.07, 6.45) is 1.41. The van der Waals surface area contributed by atoms with Gasteiger partial charge in [0.05, 0.1) is 11.9 Å². The fourth-order valence-electron chi connectivity index (χ4n) is 3.43. The predicted octanol–water partition coefficient (Wildman–Crippen LogP) is 3.18. The number of nitrogens with one attached hydrogen (secondary N) is 1. The molecule has 4 rings (SSSR count). The zero-order chi connectivity index (χ0) is 22.8. The van der Waals surface area contributed by atoms with Crippen LogP contribution >= 0.6 is 0 Å². The van der Waals surface area contributed by atoms with Gasteiger partial charge >= 0.3 is 0 Å². The minimum Gasteiger partial charge on any atom is -0.352 e. The quantitative estimate of drug-likeness (QED) is 0.502. The zero-order valence-corrected chi connectivity index (χ0v) is 17.6. The Balaban J connectivity index is 1.50. The van der Waals surface area contributed by atoms with E-state index in [0.29, 0.717) is 16.9 Å². The van der Waals surface area contributed by atoms with Crippen molar-refractivity contribution in [2.45, 2.75) is 33.4 Å². The van der Waals surface area contributed by atoms with Crippen molar-refractivity contribution in [2.75, 3.05) is 0 Å². The van der Waals surface area contributed by atoms with E-state index in [1.165, 1.54) is 16.8 Å². The Kier molecular flexibility index (Phi) is 5.81. The Morgan fingerprint density at radius 1 is 1.06 bits per heavy atom. The average molecular weight is 437 g/mol. The second-order valence-corrected chi connectivity index (χ2v) is 7.47. The highest BCUT2D eigenvalue weighted by atomic mass is 19.1. The molecule has 0 aliphatic heterocycles. The Morgan fingerprint density at radius 2 is 1.75 bits per heavy atom. The lowest BCUT2D eigenvalue weighted by molar-refractivity contribution is -0.121. The number of carbonyl (C=O) groups excluding carboxylic acids is 1. The molecule has 0 unspecified atom stereocenters. The van der Waals surface area contributed by atoms with Gasteiger partial charge in [0.15, 0.2) is 5.65 Å². The summed E-state index contributed by atoms with van der Waals surface area (Å²) in [5.41, 5.74) is 1.81. The van der Waals surface area contributed by atoms with Gasteiger partial charge < -0.3 is 5.32 Å². The summed E-state index contributed by atoms with van der Waals surface area (Å²) in [5.74, 6) is -1.45. The van der Waals surface area contributed by atoms with E-state index in [1.807, 2.05) is 31.2 Å². The summed E-state index contributed by atoms with van der Waals surface area (Å²) < 4.78 is 30.4. The maximum absolute atomic E-state index is 13.7. The molecule has 7 nitrogen and oxygen atoms in total. The van der Waals surface area contributed by atoms with Crippen LogP contribution in [-0.2, 0) is 17.9 Å². The normalized spacial score (nSPS) is 11.1. The predicted molar refractivity (Wildman–Crippen MR) is 115 cm³/mol. The van der Waals surface area contributed by atoms with Crippen LogP contribution in [0, 0.1) is 25.5 Å². The minimum absolute atomic E-state index is 0.0455. The van der Waals surface area contributed by atoms with E-state index in [0.717, 1.165) is 23.4 Å². The molecule has 1 amide bonds. The summed E-state index contributed by atoms with van der Waals surface area (Å²) >= 11 is 0. The first-order valence-corrected chi connectivity index (χ1v) is 10.1. The topological polar surface area (TPSA) is 81.8 Å². The molecule has 0 aliphatic rings. The molecule has 9 heteroatoms. The first-order valence-electron chi connectivity index (χ1n) is 10.1. The highest BCUT2D eigenvalue weighted by Crippen LogP contribution is 2.15. The van der Waals surface area contributed by atoms with Crippen LogP contribution in [0.4, 0.5) is 8.78 Å². The van der Waals surface area contributed by atoms with Crippen LogP contribution in [-0.4, -0.2) is 25.2 Å². The Morgan fingerprint density at radius 3 is 2.44 bits per heavy atom. The molecule has 2 aromatic heterocycles. The van der Waals surface area contributed by atoms with Crippen LogP contribution in [0.3, 0.4) is 0 Å². The van der Waals surface area contributed by atoms with Crippen molar-refractivity contribution < 1.29 is 13.6 Å². The second kappa shape index (κ2) is 8.70. The number of hydrogen-bond donors (Lipinski definition) is 1. The van der Waals surface area contributed by atoms with Crippen LogP contribution in [0.1, 0.15) is 23.4 Å². The van der Waals surface area contributed by atoms with Crippen molar-refractivity contribution in [1.82, 2.24) is 24.6 Å². The van der Waals surface area contributed by atoms with Crippen molar-refractivity contribution in [3.8, 4) is 5.69 Å². The lowest BCUT2D eigenvalue weighted by Gasteiger charge is -2.11. The number of rotatable bonds is 6. The van der Waals surface area contributed by atoms with Gasteiger partial charge in [-0.1, -0.05) is 23.8 Å². The number of aryl methyl sites for hydroxylation is 2. The van der Waals surface area contributed by atoms with Gasteiger partial charge in [0.2, 0.25) is 5.91 Å². The maximum Gasteiger partial charge on any atom is 0.264 e. The van der Waals surface area contributed by atoms with Crippen LogP contribution in [0.2, 0.25) is 0 Å². The molecule has 0 aliphatic carbocycles. The third-order valence-corrected chi connectivity index (χ3v) is 5.24. The van der Waals surface area contributed by atoms with Crippen LogP contribution < -0.4 is 10.9 Å². The third kappa shape index (κ3) is 4.14. The van der Waals surface area contributed by atoms with Gasteiger partial charge in [-0.2, -0.15) is 5.10 Å². The number of benzene rings is 2. The molecule has 2 heterocycles. The van der Waals surface area contributed by atoms with Gasteiger partial charge in [-0.25, -0.2) is 18.4 Å². The van der Waals surface area contributed by atoms with Crippen molar-refractivity contribution in [2.24, 2.45) is 0 Å². The van der Waals surface area contributed by atoms with E-state index in [9.17, 15) is 18.4 Å². The number of aromatic nitrogens is 4. The van der Waals surface area contributed by atoms with Gasteiger partial charge in [0.25, 0.3) is 5.56 Å².